The Balaban J connectivity index is 4.53. The summed E-state index contributed by atoms with van der Waals surface area (Å²) < 4.78 is 5.15. The van der Waals surface area contributed by atoms with Gasteiger partial charge in [-0.2, -0.15) is 0 Å². The normalized spacial score (nSPS) is 12.4. The molecule has 0 fully saturated rings. The lowest BCUT2D eigenvalue weighted by molar-refractivity contribution is -0.126. The Labute approximate surface area is 127 Å². The highest BCUT2D eigenvalue weighted by molar-refractivity contribution is 5.89. The van der Waals surface area contributed by atoms with Crippen LogP contribution in [-0.4, -0.2) is 36.0 Å². The van der Waals surface area contributed by atoms with Crippen LogP contribution in [0.4, 0.5) is 4.79 Å². The van der Waals surface area contributed by atoms with Crippen molar-refractivity contribution in [3.8, 4) is 0 Å². The van der Waals surface area contributed by atoms with Crippen molar-refractivity contribution in [2.75, 3.05) is 6.54 Å². The summed E-state index contributed by atoms with van der Waals surface area (Å²) in [6, 6.07) is -0.675. The molecule has 0 spiro atoms. The first-order valence-electron chi connectivity index (χ1n) is 7.42. The summed E-state index contributed by atoms with van der Waals surface area (Å²) >= 11 is 0. The number of ether oxygens (including phenoxy) is 1. The molecule has 0 aromatic heterocycles. The zero-order valence-corrected chi connectivity index (χ0v) is 13.7. The minimum atomic E-state index is -0.675. The van der Waals surface area contributed by atoms with Gasteiger partial charge in [0.1, 0.15) is 17.4 Å². The summed E-state index contributed by atoms with van der Waals surface area (Å²) in [4.78, 5) is 34.7. The number of hydrogen-bond donors (Lipinski definition) is 2. The fraction of sp³-hybridized carbons (Fsp3) is 0.800. The zero-order chi connectivity index (χ0) is 16.5. The molecule has 0 aliphatic carbocycles. The quantitative estimate of drug-likeness (QED) is 0.673. The average Bonchev–Trinajstić information content (AvgIpc) is 2.32. The van der Waals surface area contributed by atoms with E-state index in [-0.39, 0.29) is 18.2 Å². The van der Waals surface area contributed by atoms with Crippen molar-refractivity contribution in [1.29, 1.82) is 0 Å². The van der Waals surface area contributed by atoms with Crippen LogP contribution in [0.15, 0.2) is 0 Å². The van der Waals surface area contributed by atoms with E-state index in [2.05, 4.69) is 17.6 Å². The maximum atomic E-state index is 12.0. The predicted octanol–water partition coefficient (Wildman–Crippen LogP) is 2.17. The standard InChI is InChI=1S/C15H28N2O4/c1-6-7-8-9-12(13(19)16-10-11(2)18)17-14(20)21-15(3,4)5/h12H,6-10H2,1-5H3,(H,16,19)(H,17,20)/t12-/m0/s1. The molecule has 0 bridgehead atoms. The first-order valence-corrected chi connectivity index (χ1v) is 7.42. The lowest BCUT2D eigenvalue weighted by Gasteiger charge is -2.23. The number of ketones is 1. The molecule has 0 aliphatic rings. The first kappa shape index (κ1) is 19.4. The van der Waals surface area contributed by atoms with Crippen molar-refractivity contribution in [2.24, 2.45) is 0 Å². The van der Waals surface area contributed by atoms with Crippen LogP contribution in [-0.2, 0) is 14.3 Å². The van der Waals surface area contributed by atoms with Crippen molar-refractivity contribution in [3.05, 3.63) is 0 Å². The minimum Gasteiger partial charge on any atom is -0.444 e. The monoisotopic (exact) mass is 300 g/mol. The second-order valence-corrected chi connectivity index (χ2v) is 6.11. The molecule has 2 N–H and O–H groups in total. The molecule has 2 amide bonds. The van der Waals surface area contributed by atoms with Gasteiger partial charge in [0.05, 0.1) is 6.54 Å². The fourth-order valence-electron chi connectivity index (χ4n) is 1.65. The number of rotatable bonds is 8. The van der Waals surface area contributed by atoms with Crippen LogP contribution in [0.1, 0.15) is 60.3 Å². The Morgan fingerprint density at radius 1 is 1.14 bits per heavy atom. The topological polar surface area (TPSA) is 84.5 Å². The Kier molecular flexibility index (Phi) is 8.66. The van der Waals surface area contributed by atoms with E-state index in [9.17, 15) is 14.4 Å². The summed E-state index contributed by atoms with van der Waals surface area (Å²) in [5.41, 5.74) is -0.617. The van der Waals surface area contributed by atoms with Gasteiger partial charge < -0.3 is 15.4 Å². The molecule has 0 radical (unpaired) electrons. The highest BCUT2D eigenvalue weighted by Gasteiger charge is 2.23. The van der Waals surface area contributed by atoms with Gasteiger partial charge in [0, 0.05) is 0 Å². The Morgan fingerprint density at radius 2 is 1.76 bits per heavy atom. The number of alkyl carbamates (subject to hydrolysis) is 1. The summed E-state index contributed by atoms with van der Waals surface area (Å²) in [6.07, 6.45) is 2.73. The highest BCUT2D eigenvalue weighted by Crippen LogP contribution is 2.09. The third-order valence-corrected chi connectivity index (χ3v) is 2.62. The molecule has 6 heteroatoms. The van der Waals surface area contributed by atoms with E-state index in [1.54, 1.807) is 20.8 Å². The number of unbranched alkanes of at least 4 members (excludes halogenated alkanes) is 2. The van der Waals surface area contributed by atoms with E-state index >= 15 is 0 Å². The number of carbonyl (C=O) groups excluding carboxylic acids is 3. The summed E-state index contributed by atoms with van der Waals surface area (Å²) in [5.74, 6) is -0.486. The van der Waals surface area contributed by atoms with Gasteiger partial charge in [-0.1, -0.05) is 26.2 Å². The fourth-order valence-corrected chi connectivity index (χ4v) is 1.65. The van der Waals surface area contributed by atoms with Gasteiger partial charge in [-0.25, -0.2) is 4.79 Å². The van der Waals surface area contributed by atoms with Crippen LogP contribution < -0.4 is 10.6 Å². The molecule has 1 atom stereocenters. The van der Waals surface area contributed by atoms with Crippen LogP contribution in [0, 0.1) is 0 Å². The van der Waals surface area contributed by atoms with Gasteiger partial charge in [-0.15, -0.1) is 0 Å². The smallest absolute Gasteiger partial charge is 0.408 e. The second kappa shape index (κ2) is 9.37. The Hall–Kier alpha value is -1.59. The third-order valence-electron chi connectivity index (χ3n) is 2.62. The molecule has 0 aromatic rings. The molecule has 0 aliphatic heterocycles. The molecule has 0 rings (SSSR count). The number of Topliss-reactive ketones (excluding diaryl/α,β-unsaturated/α-hetero) is 1. The number of hydrogen-bond acceptors (Lipinski definition) is 4. The number of nitrogens with one attached hydrogen (secondary N) is 2. The van der Waals surface area contributed by atoms with E-state index in [4.69, 9.17) is 4.74 Å². The van der Waals surface area contributed by atoms with E-state index in [1.165, 1.54) is 6.92 Å². The molecule has 0 unspecified atom stereocenters. The third kappa shape index (κ3) is 10.8. The van der Waals surface area contributed by atoms with Gasteiger partial charge in [0.2, 0.25) is 5.91 Å². The maximum absolute atomic E-state index is 12.0. The van der Waals surface area contributed by atoms with Crippen LogP contribution in [0.2, 0.25) is 0 Å². The Bertz CT molecular complexity index is 361. The summed E-state index contributed by atoms with van der Waals surface area (Å²) in [5, 5.41) is 5.09. The van der Waals surface area contributed by atoms with Crippen molar-refractivity contribution >= 4 is 17.8 Å². The van der Waals surface area contributed by atoms with Gasteiger partial charge in [-0.05, 0) is 34.1 Å². The molecular formula is C15H28N2O4. The summed E-state index contributed by atoms with van der Waals surface area (Å²) in [7, 11) is 0. The zero-order valence-electron chi connectivity index (χ0n) is 13.7. The SMILES string of the molecule is CCCCC[C@H](NC(=O)OC(C)(C)C)C(=O)NCC(C)=O. The van der Waals surface area contributed by atoms with Crippen molar-refractivity contribution in [3.63, 3.8) is 0 Å². The van der Waals surface area contributed by atoms with Crippen molar-refractivity contribution in [2.45, 2.75) is 71.9 Å². The number of amides is 2. The maximum Gasteiger partial charge on any atom is 0.408 e. The van der Waals surface area contributed by atoms with Gasteiger partial charge in [0.15, 0.2) is 0 Å². The lowest BCUT2D eigenvalue weighted by Crippen LogP contribution is -2.49. The second-order valence-electron chi connectivity index (χ2n) is 6.11. The van der Waals surface area contributed by atoms with Crippen LogP contribution in [0.25, 0.3) is 0 Å². The van der Waals surface area contributed by atoms with Gasteiger partial charge in [-0.3, -0.25) is 9.59 Å². The van der Waals surface area contributed by atoms with Crippen molar-refractivity contribution in [1.82, 2.24) is 10.6 Å². The van der Waals surface area contributed by atoms with Crippen LogP contribution >= 0.6 is 0 Å². The van der Waals surface area contributed by atoms with E-state index in [0.717, 1.165) is 19.3 Å². The molecule has 0 saturated heterocycles. The van der Waals surface area contributed by atoms with E-state index in [0.29, 0.717) is 6.42 Å². The number of carbonyl (C=O) groups is 3. The van der Waals surface area contributed by atoms with Crippen molar-refractivity contribution < 1.29 is 19.1 Å². The average molecular weight is 300 g/mol. The molecule has 0 saturated carbocycles. The Morgan fingerprint density at radius 3 is 2.24 bits per heavy atom. The molecule has 0 aromatic carbocycles. The minimum absolute atomic E-state index is 0.0287. The molecule has 0 heterocycles. The van der Waals surface area contributed by atoms with Gasteiger partial charge >= 0.3 is 6.09 Å². The lowest BCUT2D eigenvalue weighted by atomic mass is 10.1. The molecule has 21 heavy (non-hydrogen) atoms. The van der Waals surface area contributed by atoms with Crippen LogP contribution in [0.5, 0.6) is 0 Å². The molecule has 6 nitrogen and oxygen atoms in total. The summed E-state index contributed by atoms with van der Waals surface area (Å²) in [6.45, 7) is 8.70. The van der Waals surface area contributed by atoms with Gasteiger partial charge in [0.25, 0.3) is 0 Å². The first-order chi connectivity index (χ1) is 9.65. The van der Waals surface area contributed by atoms with E-state index in [1.807, 2.05) is 0 Å². The van der Waals surface area contributed by atoms with Crippen LogP contribution in [0.3, 0.4) is 0 Å². The molecule has 122 valence electrons. The predicted molar refractivity (Wildman–Crippen MR) is 81.0 cm³/mol. The largest absolute Gasteiger partial charge is 0.444 e. The van der Waals surface area contributed by atoms with E-state index < -0.39 is 17.7 Å². The molecular weight excluding hydrogens is 272 g/mol. The highest BCUT2D eigenvalue weighted by atomic mass is 16.6.